The van der Waals surface area contributed by atoms with Crippen molar-refractivity contribution in [2.24, 2.45) is 11.8 Å². The van der Waals surface area contributed by atoms with Crippen LogP contribution < -0.4 is 16.0 Å². The molecule has 0 spiro atoms. The number of nitrogens with zero attached hydrogens (tertiary/aromatic N) is 1. The first-order valence-corrected chi connectivity index (χ1v) is 13.1. The minimum atomic E-state index is -0.824. The van der Waals surface area contributed by atoms with Crippen LogP contribution in [-0.2, 0) is 14.3 Å². The van der Waals surface area contributed by atoms with E-state index in [0.717, 1.165) is 16.2 Å². The van der Waals surface area contributed by atoms with Gasteiger partial charge in [-0.15, -0.1) is 0 Å². The highest BCUT2D eigenvalue weighted by Gasteiger charge is 2.31. The van der Waals surface area contributed by atoms with Gasteiger partial charge in [0.2, 0.25) is 11.8 Å². The minimum absolute atomic E-state index is 0.0636. The molecule has 3 rings (SSSR count). The Morgan fingerprint density at radius 3 is 2.67 bits per heavy atom. The summed E-state index contributed by atoms with van der Waals surface area (Å²) < 4.78 is 5.01. The molecule has 198 valence electrons. The van der Waals surface area contributed by atoms with Crippen LogP contribution in [0.25, 0.3) is 11.0 Å². The van der Waals surface area contributed by atoms with Gasteiger partial charge in [-0.1, -0.05) is 37.7 Å². The van der Waals surface area contributed by atoms with Crippen LogP contribution in [-0.4, -0.2) is 69.6 Å². The molecule has 1 fully saturated rings. The SMILES string of the molecule is CC(C)C[C@H](NC(=O)OCC(C)(C)Sc1nc2ccccc2[nH]1)C(=O)N[C@H](CO)C[C@@H]1CCNC1=O. The van der Waals surface area contributed by atoms with Gasteiger partial charge in [0.15, 0.2) is 5.16 Å². The second-order valence-electron chi connectivity index (χ2n) is 10.2. The number of hydrogen-bond donors (Lipinski definition) is 5. The summed E-state index contributed by atoms with van der Waals surface area (Å²) in [6.07, 6.45) is 0.734. The van der Waals surface area contributed by atoms with E-state index in [1.165, 1.54) is 11.8 Å². The molecule has 1 aromatic heterocycles. The van der Waals surface area contributed by atoms with E-state index in [4.69, 9.17) is 4.74 Å². The maximum atomic E-state index is 13.0. The van der Waals surface area contributed by atoms with E-state index in [-0.39, 0.29) is 31.0 Å². The molecule has 1 aliphatic rings. The molecular weight excluding hydrogens is 482 g/mol. The number of ether oxygens (including phenoxy) is 1. The van der Waals surface area contributed by atoms with Gasteiger partial charge in [0.05, 0.1) is 28.4 Å². The third kappa shape index (κ3) is 8.12. The fourth-order valence-corrected chi connectivity index (χ4v) is 5.04. The highest BCUT2D eigenvalue weighted by molar-refractivity contribution is 8.00. The zero-order chi connectivity index (χ0) is 26.3. The molecule has 36 heavy (non-hydrogen) atoms. The number of aliphatic hydroxyl groups excluding tert-OH is 1. The standard InChI is InChI=1S/C25H37N5O5S/c1-15(2)11-20(22(33)27-17(13-31)12-16-9-10-26-21(16)32)30-24(34)35-14-25(3,4)36-23-28-18-7-5-6-8-19(18)29-23/h5-8,15-17,20,31H,9-14H2,1-4H3,(H,26,32)(H,27,33)(H,28,29)(H,30,34)/t16-,17-,20-/m0/s1. The van der Waals surface area contributed by atoms with Gasteiger partial charge in [-0.3, -0.25) is 9.59 Å². The third-order valence-corrected chi connectivity index (χ3v) is 6.96. The maximum Gasteiger partial charge on any atom is 0.407 e. The van der Waals surface area contributed by atoms with E-state index in [1.807, 2.05) is 52.0 Å². The summed E-state index contributed by atoms with van der Waals surface area (Å²) in [5.74, 6) is -0.579. The monoisotopic (exact) mass is 519 g/mol. The van der Waals surface area contributed by atoms with Crippen LogP contribution in [0.4, 0.5) is 4.79 Å². The summed E-state index contributed by atoms with van der Waals surface area (Å²) in [6, 6.07) is 6.34. The number of fused-ring (bicyclic) bond motifs is 1. The Hall–Kier alpha value is -2.79. The van der Waals surface area contributed by atoms with Gasteiger partial charge in [0.25, 0.3) is 0 Å². The molecule has 3 amide bonds. The summed E-state index contributed by atoms with van der Waals surface area (Å²) in [4.78, 5) is 45.2. The summed E-state index contributed by atoms with van der Waals surface area (Å²) in [5.41, 5.74) is 1.80. The molecule has 0 aliphatic carbocycles. The number of rotatable bonds is 12. The van der Waals surface area contributed by atoms with Crippen molar-refractivity contribution >= 4 is 40.7 Å². The number of alkyl carbamates (subject to hydrolysis) is 1. The first-order chi connectivity index (χ1) is 17.1. The molecule has 0 radical (unpaired) electrons. The van der Waals surface area contributed by atoms with Gasteiger partial charge in [0.1, 0.15) is 12.6 Å². The van der Waals surface area contributed by atoms with Crippen molar-refractivity contribution in [1.82, 2.24) is 25.9 Å². The number of para-hydroxylation sites is 2. The summed E-state index contributed by atoms with van der Waals surface area (Å²) >= 11 is 1.46. The van der Waals surface area contributed by atoms with E-state index in [9.17, 15) is 19.5 Å². The Morgan fingerprint density at radius 1 is 1.28 bits per heavy atom. The van der Waals surface area contributed by atoms with Crippen LogP contribution in [0.2, 0.25) is 0 Å². The number of aromatic amines is 1. The number of aliphatic hydroxyl groups is 1. The van der Waals surface area contributed by atoms with Gasteiger partial charge >= 0.3 is 6.09 Å². The molecule has 0 bridgehead atoms. The molecule has 1 aliphatic heterocycles. The topological polar surface area (TPSA) is 145 Å². The molecule has 0 unspecified atom stereocenters. The molecule has 2 heterocycles. The quantitative estimate of drug-likeness (QED) is 0.271. The van der Waals surface area contributed by atoms with E-state index in [0.29, 0.717) is 25.8 Å². The predicted octanol–water partition coefficient (Wildman–Crippen LogP) is 2.58. The second kappa shape index (κ2) is 12.4. The summed E-state index contributed by atoms with van der Waals surface area (Å²) in [5, 5.41) is 18.7. The normalized spacial score (nSPS) is 17.6. The number of imidazole rings is 1. The number of benzene rings is 1. The molecule has 11 heteroatoms. The van der Waals surface area contributed by atoms with Gasteiger partial charge in [-0.2, -0.15) is 0 Å². The highest BCUT2D eigenvalue weighted by atomic mass is 32.2. The van der Waals surface area contributed by atoms with Crippen molar-refractivity contribution in [1.29, 1.82) is 0 Å². The molecule has 1 aromatic carbocycles. The smallest absolute Gasteiger partial charge is 0.407 e. The minimum Gasteiger partial charge on any atom is -0.448 e. The number of amides is 3. The molecule has 3 atom stereocenters. The summed E-state index contributed by atoms with van der Waals surface area (Å²) in [7, 11) is 0. The molecule has 5 N–H and O–H groups in total. The van der Waals surface area contributed by atoms with E-state index in [1.54, 1.807) is 0 Å². The van der Waals surface area contributed by atoms with E-state index in [2.05, 4.69) is 25.9 Å². The van der Waals surface area contributed by atoms with Gasteiger partial charge < -0.3 is 30.8 Å². The Balaban J connectivity index is 1.53. The predicted molar refractivity (Wildman–Crippen MR) is 139 cm³/mol. The van der Waals surface area contributed by atoms with E-state index >= 15 is 0 Å². The van der Waals surface area contributed by atoms with Crippen molar-refractivity contribution < 1.29 is 24.2 Å². The summed E-state index contributed by atoms with van der Waals surface area (Å²) in [6.45, 7) is 8.21. The fraction of sp³-hybridized carbons (Fsp3) is 0.600. The number of thioether (sulfide) groups is 1. The van der Waals surface area contributed by atoms with Crippen LogP contribution >= 0.6 is 11.8 Å². The van der Waals surface area contributed by atoms with Crippen molar-refractivity contribution in [3.05, 3.63) is 24.3 Å². The Kier molecular flexibility index (Phi) is 9.61. The number of carbonyl (C=O) groups excluding carboxylic acids is 3. The maximum absolute atomic E-state index is 13.0. The average Bonchev–Trinajstić information content (AvgIpc) is 3.41. The third-order valence-electron chi connectivity index (χ3n) is 5.91. The molecule has 2 aromatic rings. The highest BCUT2D eigenvalue weighted by Crippen LogP contribution is 2.32. The Morgan fingerprint density at radius 2 is 2.03 bits per heavy atom. The Labute approximate surface area is 215 Å². The zero-order valence-corrected chi connectivity index (χ0v) is 22.1. The van der Waals surface area contributed by atoms with Gasteiger partial charge in [-0.05, 0) is 51.2 Å². The molecule has 10 nitrogen and oxygen atoms in total. The van der Waals surface area contributed by atoms with Gasteiger partial charge in [-0.25, -0.2) is 9.78 Å². The second-order valence-corrected chi connectivity index (χ2v) is 11.9. The van der Waals surface area contributed by atoms with Crippen molar-refractivity contribution in [2.45, 2.75) is 68.9 Å². The Bertz CT molecular complexity index is 1020. The lowest BCUT2D eigenvalue weighted by Crippen LogP contribution is -2.51. The molecule has 1 saturated heterocycles. The number of H-pyrrole nitrogens is 1. The molecular formula is C25H37N5O5S. The molecule has 0 saturated carbocycles. The first kappa shape index (κ1) is 27.8. The number of carbonyl (C=O) groups is 3. The van der Waals surface area contributed by atoms with Gasteiger partial charge in [0, 0.05) is 12.5 Å². The van der Waals surface area contributed by atoms with E-state index < -0.39 is 28.8 Å². The zero-order valence-electron chi connectivity index (χ0n) is 21.3. The lowest BCUT2D eigenvalue weighted by molar-refractivity contribution is -0.126. The van der Waals surface area contributed by atoms with Crippen LogP contribution in [0.15, 0.2) is 29.4 Å². The van der Waals surface area contributed by atoms with Crippen LogP contribution in [0.3, 0.4) is 0 Å². The van der Waals surface area contributed by atoms with Crippen LogP contribution in [0, 0.1) is 11.8 Å². The lowest BCUT2D eigenvalue weighted by atomic mass is 9.97. The van der Waals surface area contributed by atoms with Crippen LogP contribution in [0.1, 0.15) is 47.0 Å². The first-order valence-electron chi connectivity index (χ1n) is 12.3. The van der Waals surface area contributed by atoms with Crippen molar-refractivity contribution in [3.63, 3.8) is 0 Å². The van der Waals surface area contributed by atoms with Crippen LogP contribution in [0.5, 0.6) is 0 Å². The van der Waals surface area contributed by atoms with Crippen molar-refractivity contribution in [3.8, 4) is 0 Å². The lowest BCUT2D eigenvalue weighted by Gasteiger charge is -2.26. The average molecular weight is 520 g/mol. The number of hydrogen-bond acceptors (Lipinski definition) is 7. The number of nitrogens with one attached hydrogen (secondary N) is 4. The largest absolute Gasteiger partial charge is 0.448 e. The van der Waals surface area contributed by atoms with Crippen molar-refractivity contribution in [2.75, 3.05) is 19.8 Å². The number of aromatic nitrogens is 2. The fourth-order valence-electron chi connectivity index (χ4n) is 4.09.